The normalized spacial score (nSPS) is 13.1. The van der Waals surface area contributed by atoms with E-state index in [1.165, 1.54) is 6.07 Å². The molecule has 1 amide bonds. The van der Waals surface area contributed by atoms with E-state index in [4.69, 9.17) is 9.47 Å². The summed E-state index contributed by atoms with van der Waals surface area (Å²) in [5.74, 6) is 1.09. The molecule has 1 aliphatic heterocycles. The number of aryl methyl sites for hydroxylation is 2. The molecule has 1 aliphatic rings. The molecular formula is C20H22N4O4. The summed E-state index contributed by atoms with van der Waals surface area (Å²) in [6.45, 7) is 6.43. The molecule has 0 saturated heterocycles. The lowest BCUT2D eigenvalue weighted by Crippen LogP contribution is -2.37. The molecule has 1 aromatic carbocycles. The fraction of sp³-hybridized carbons (Fsp3) is 0.350. The van der Waals surface area contributed by atoms with E-state index in [2.05, 4.69) is 15.4 Å². The number of carbonyl (C=O) groups is 1. The average molecular weight is 382 g/mol. The quantitative estimate of drug-likeness (QED) is 0.719. The van der Waals surface area contributed by atoms with Crippen LogP contribution in [0.5, 0.6) is 11.5 Å². The molecule has 3 aromatic rings. The molecule has 0 spiro atoms. The topological polar surface area (TPSA) is 98.2 Å². The van der Waals surface area contributed by atoms with Gasteiger partial charge < -0.3 is 19.8 Å². The highest BCUT2D eigenvalue weighted by Gasteiger charge is 2.25. The summed E-state index contributed by atoms with van der Waals surface area (Å²) < 4.78 is 12.4. The average Bonchev–Trinajstić information content (AvgIpc) is 3.23. The number of ether oxygens (including phenoxy) is 2. The first-order valence-corrected chi connectivity index (χ1v) is 9.01. The van der Waals surface area contributed by atoms with Gasteiger partial charge in [0.2, 0.25) is 6.79 Å². The van der Waals surface area contributed by atoms with Gasteiger partial charge in [-0.1, -0.05) is 19.9 Å². The van der Waals surface area contributed by atoms with Gasteiger partial charge in [0.05, 0.1) is 11.1 Å². The Balaban J connectivity index is 1.54. The van der Waals surface area contributed by atoms with Crippen molar-refractivity contribution in [1.29, 1.82) is 0 Å². The summed E-state index contributed by atoms with van der Waals surface area (Å²) in [7, 11) is 1.73. The number of nitrogens with zero attached hydrogens (tertiary/aromatic N) is 2. The Morgan fingerprint density at radius 1 is 1.29 bits per heavy atom. The third kappa shape index (κ3) is 3.00. The molecule has 2 N–H and O–H groups in total. The van der Waals surface area contributed by atoms with Crippen LogP contribution in [-0.2, 0) is 12.5 Å². The number of aromatic nitrogens is 3. The first-order valence-electron chi connectivity index (χ1n) is 9.01. The minimum atomic E-state index is -0.343. The van der Waals surface area contributed by atoms with Gasteiger partial charge in [-0.15, -0.1) is 0 Å². The molecule has 0 aliphatic carbocycles. The molecule has 0 bridgehead atoms. The number of H-pyrrole nitrogens is 1. The maximum absolute atomic E-state index is 12.7. The van der Waals surface area contributed by atoms with Crippen LogP contribution in [-0.4, -0.2) is 34.0 Å². The monoisotopic (exact) mass is 382 g/mol. The number of benzene rings is 1. The Kier molecular flexibility index (Phi) is 4.14. The minimum Gasteiger partial charge on any atom is -0.454 e. The zero-order valence-corrected chi connectivity index (χ0v) is 16.3. The Hall–Kier alpha value is -3.29. The van der Waals surface area contributed by atoms with E-state index >= 15 is 0 Å². The van der Waals surface area contributed by atoms with Gasteiger partial charge in [0, 0.05) is 25.1 Å². The first kappa shape index (κ1) is 18.1. The van der Waals surface area contributed by atoms with Crippen LogP contribution in [0.4, 0.5) is 0 Å². The summed E-state index contributed by atoms with van der Waals surface area (Å²) in [6, 6.07) is 7.09. The van der Waals surface area contributed by atoms with Crippen molar-refractivity contribution in [3.05, 3.63) is 51.4 Å². The molecule has 0 saturated carbocycles. The molecule has 0 atom stereocenters. The maximum Gasteiger partial charge on any atom is 0.267 e. The molecule has 2 aromatic heterocycles. The molecule has 8 nitrogen and oxygen atoms in total. The van der Waals surface area contributed by atoms with E-state index in [0.29, 0.717) is 29.0 Å². The van der Waals surface area contributed by atoms with Crippen LogP contribution in [0.3, 0.4) is 0 Å². The second-order valence-corrected chi connectivity index (χ2v) is 7.61. The lowest BCUT2D eigenvalue weighted by atomic mass is 9.84. The van der Waals surface area contributed by atoms with Crippen LogP contribution in [0, 0.1) is 6.92 Å². The van der Waals surface area contributed by atoms with E-state index in [1.54, 1.807) is 18.7 Å². The van der Waals surface area contributed by atoms with E-state index in [9.17, 15) is 9.59 Å². The largest absolute Gasteiger partial charge is 0.454 e. The third-order valence-electron chi connectivity index (χ3n) is 5.09. The number of hydrogen-bond donors (Lipinski definition) is 2. The zero-order chi connectivity index (χ0) is 20.1. The predicted molar refractivity (Wildman–Crippen MR) is 104 cm³/mol. The van der Waals surface area contributed by atoms with Crippen molar-refractivity contribution < 1.29 is 14.3 Å². The van der Waals surface area contributed by atoms with Crippen molar-refractivity contribution in [3.63, 3.8) is 0 Å². The number of rotatable bonds is 4. The molecule has 4 rings (SSSR count). The number of fused-ring (bicyclic) bond motifs is 2. The van der Waals surface area contributed by atoms with Gasteiger partial charge in [0.15, 0.2) is 16.9 Å². The van der Waals surface area contributed by atoms with Gasteiger partial charge in [-0.05, 0) is 24.6 Å². The molecule has 0 unspecified atom stereocenters. The van der Waals surface area contributed by atoms with Crippen molar-refractivity contribution in [2.75, 3.05) is 13.3 Å². The summed E-state index contributed by atoms with van der Waals surface area (Å²) >= 11 is 0. The Morgan fingerprint density at radius 2 is 2.04 bits per heavy atom. The molecule has 0 radical (unpaired) electrons. The van der Waals surface area contributed by atoms with Crippen LogP contribution < -0.4 is 20.2 Å². The van der Waals surface area contributed by atoms with Crippen LogP contribution in [0.1, 0.15) is 35.6 Å². The van der Waals surface area contributed by atoms with Gasteiger partial charge in [-0.2, -0.15) is 5.10 Å². The molecule has 28 heavy (non-hydrogen) atoms. The SMILES string of the molecule is Cc1nn(C)c2[nH]c(C(=O)NCC(C)(C)c3ccc4c(c3)OCO4)cc(=O)c12. The highest BCUT2D eigenvalue weighted by atomic mass is 16.7. The van der Waals surface area contributed by atoms with Crippen LogP contribution in [0.2, 0.25) is 0 Å². The van der Waals surface area contributed by atoms with Crippen molar-refractivity contribution in [2.45, 2.75) is 26.2 Å². The van der Waals surface area contributed by atoms with Crippen LogP contribution in [0.25, 0.3) is 11.0 Å². The number of pyridine rings is 1. The molecule has 3 heterocycles. The summed E-state index contributed by atoms with van der Waals surface area (Å²) in [4.78, 5) is 28.1. The minimum absolute atomic E-state index is 0.210. The number of amides is 1. The van der Waals surface area contributed by atoms with Gasteiger partial charge in [0.25, 0.3) is 5.91 Å². The summed E-state index contributed by atoms with van der Waals surface area (Å²) in [5, 5.41) is 7.65. The number of hydrogen-bond acceptors (Lipinski definition) is 5. The van der Waals surface area contributed by atoms with E-state index in [-0.39, 0.29) is 29.2 Å². The third-order valence-corrected chi connectivity index (χ3v) is 5.09. The Bertz CT molecular complexity index is 1140. The van der Waals surface area contributed by atoms with Crippen molar-refractivity contribution >= 4 is 16.9 Å². The van der Waals surface area contributed by atoms with E-state index in [0.717, 1.165) is 11.3 Å². The second kappa shape index (κ2) is 6.40. The van der Waals surface area contributed by atoms with Crippen molar-refractivity contribution in [1.82, 2.24) is 20.1 Å². The second-order valence-electron chi connectivity index (χ2n) is 7.61. The smallest absolute Gasteiger partial charge is 0.267 e. The number of carbonyl (C=O) groups excluding carboxylic acids is 1. The van der Waals surface area contributed by atoms with Gasteiger partial charge in [0.1, 0.15) is 11.3 Å². The summed E-state index contributed by atoms with van der Waals surface area (Å²) in [6.07, 6.45) is 0. The molecule has 146 valence electrons. The first-order chi connectivity index (χ1) is 13.3. The van der Waals surface area contributed by atoms with E-state index < -0.39 is 0 Å². The highest BCUT2D eigenvalue weighted by Crippen LogP contribution is 2.36. The van der Waals surface area contributed by atoms with Crippen molar-refractivity contribution in [2.24, 2.45) is 7.05 Å². The number of aromatic amines is 1. The lowest BCUT2D eigenvalue weighted by molar-refractivity contribution is 0.0941. The molecule has 8 heteroatoms. The van der Waals surface area contributed by atoms with Gasteiger partial charge in [-0.25, -0.2) is 0 Å². The predicted octanol–water partition coefficient (Wildman–Crippen LogP) is 2.01. The van der Waals surface area contributed by atoms with Crippen LogP contribution >= 0.6 is 0 Å². The van der Waals surface area contributed by atoms with Gasteiger partial charge in [-0.3, -0.25) is 14.3 Å². The highest BCUT2D eigenvalue weighted by molar-refractivity contribution is 5.94. The van der Waals surface area contributed by atoms with Crippen molar-refractivity contribution in [3.8, 4) is 11.5 Å². The Morgan fingerprint density at radius 3 is 2.82 bits per heavy atom. The number of nitrogens with one attached hydrogen (secondary N) is 2. The maximum atomic E-state index is 12.7. The standard InChI is InChI=1S/C20H22N4O4/c1-11-17-14(25)8-13(22-18(17)24(4)23-11)19(26)21-9-20(2,3)12-5-6-15-16(7-12)28-10-27-15/h5-8H,9-10H2,1-4H3,(H,21,26)(H,22,25). The fourth-order valence-electron chi connectivity index (χ4n) is 3.40. The molecular weight excluding hydrogens is 360 g/mol. The summed E-state index contributed by atoms with van der Waals surface area (Å²) in [5.41, 5.74) is 1.83. The van der Waals surface area contributed by atoms with E-state index in [1.807, 2.05) is 32.0 Å². The Labute approximate surface area is 161 Å². The van der Waals surface area contributed by atoms with Crippen LogP contribution in [0.15, 0.2) is 29.1 Å². The molecule has 0 fully saturated rings. The fourth-order valence-corrected chi connectivity index (χ4v) is 3.40. The lowest BCUT2D eigenvalue weighted by Gasteiger charge is -2.26. The zero-order valence-electron chi connectivity index (χ0n) is 16.3. The van der Waals surface area contributed by atoms with Gasteiger partial charge >= 0.3 is 0 Å².